The van der Waals surface area contributed by atoms with Gasteiger partial charge in [-0.05, 0) is 44.2 Å². The molecule has 1 heterocycles. The number of imide groups is 1. The van der Waals surface area contributed by atoms with Crippen LogP contribution in [0.15, 0.2) is 23.3 Å². The molecule has 0 saturated carbocycles. The van der Waals surface area contributed by atoms with Crippen LogP contribution < -0.4 is 4.90 Å². The number of hydrogen-bond acceptors (Lipinski definition) is 6. The van der Waals surface area contributed by atoms with Crippen molar-refractivity contribution in [2.75, 3.05) is 17.3 Å². The maximum atomic E-state index is 14.6. The van der Waals surface area contributed by atoms with Crippen LogP contribution in [0.25, 0.3) is 0 Å². The van der Waals surface area contributed by atoms with Crippen LogP contribution in [0.5, 0.6) is 0 Å². The van der Waals surface area contributed by atoms with Crippen molar-refractivity contribution in [1.82, 2.24) is 0 Å². The largest absolute Gasteiger partial charge is 0.465 e. The van der Waals surface area contributed by atoms with E-state index in [4.69, 9.17) is 16.3 Å². The summed E-state index contributed by atoms with van der Waals surface area (Å²) in [4.78, 5) is 50.4. The molecule has 2 amide bonds. The molecular formula is C21H21ClFNO5S. The van der Waals surface area contributed by atoms with Crippen molar-refractivity contribution in [1.29, 1.82) is 0 Å². The summed E-state index contributed by atoms with van der Waals surface area (Å²) >= 11 is 6.70. The third kappa shape index (κ3) is 4.59. The number of carbonyl (C=O) groups excluding carboxylic acids is 4. The van der Waals surface area contributed by atoms with Gasteiger partial charge in [-0.25, -0.2) is 9.29 Å². The Morgan fingerprint density at radius 3 is 2.40 bits per heavy atom. The third-order valence-electron chi connectivity index (χ3n) is 4.97. The molecule has 6 nitrogen and oxygen atoms in total. The lowest BCUT2D eigenvalue weighted by molar-refractivity contribution is -0.140. The van der Waals surface area contributed by atoms with E-state index >= 15 is 0 Å². The first-order valence-electron chi connectivity index (χ1n) is 9.77. The van der Waals surface area contributed by atoms with Gasteiger partial charge >= 0.3 is 5.97 Å². The van der Waals surface area contributed by atoms with Crippen LogP contribution >= 0.6 is 23.4 Å². The zero-order chi connectivity index (χ0) is 21.8. The Kier molecular flexibility index (Phi) is 7.31. The lowest BCUT2D eigenvalue weighted by Gasteiger charge is -2.17. The van der Waals surface area contributed by atoms with Gasteiger partial charge in [0.25, 0.3) is 11.8 Å². The number of hydrogen-bond donors (Lipinski definition) is 0. The molecule has 1 aliphatic carbocycles. The van der Waals surface area contributed by atoms with E-state index in [0.29, 0.717) is 35.7 Å². The zero-order valence-corrected chi connectivity index (χ0v) is 18.0. The maximum absolute atomic E-state index is 14.6. The molecule has 0 spiro atoms. The number of esters is 1. The van der Waals surface area contributed by atoms with Crippen LogP contribution in [0.2, 0.25) is 5.02 Å². The molecule has 3 rings (SSSR count). The lowest BCUT2D eigenvalue weighted by Crippen LogP contribution is -2.32. The number of thioether (sulfide) groups is 1. The van der Waals surface area contributed by atoms with Crippen molar-refractivity contribution >= 4 is 51.9 Å². The van der Waals surface area contributed by atoms with Crippen LogP contribution in [-0.4, -0.2) is 35.3 Å². The predicted molar refractivity (Wildman–Crippen MR) is 112 cm³/mol. The molecule has 30 heavy (non-hydrogen) atoms. The average molecular weight is 454 g/mol. The fraction of sp³-hybridized carbons (Fsp3) is 0.429. The van der Waals surface area contributed by atoms with Gasteiger partial charge in [-0.15, -0.1) is 0 Å². The maximum Gasteiger partial charge on any atom is 0.316 e. The van der Waals surface area contributed by atoms with Crippen LogP contribution in [-0.2, 0) is 19.1 Å². The van der Waals surface area contributed by atoms with Crippen molar-refractivity contribution in [3.05, 3.63) is 39.7 Å². The summed E-state index contributed by atoms with van der Waals surface area (Å²) in [5.74, 6) is -2.74. The van der Waals surface area contributed by atoms with E-state index in [-0.39, 0.29) is 28.6 Å². The first-order valence-corrected chi connectivity index (χ1v) is 11.1. The Morgan fingerprint density at radius 1 is 1.17 bits per heavy atom. The second-order valence-electron chi connectivity index (χ2n) is 7.04. The van der Waals surface area contributed by atoms with E-state index in [0.717, 1.165) is 42.7 Å². The van der Waals surface area contributed by atoms with Crippen LogP contribution in [0, 0.1) is 5.82 Å². The Bertz CT molecular complexity index is 918. The standard InChI is InChI=1S/C21H21ClFNO5S/c1-2-3-8-29-18(25)11-30-21(28)14-9-17(16(23)10-15(14)22)24-19(26)12-6-4-5-7-13(12)20(24)27/h9-10H,2-8,11H2,1H3. The van der Waals surface area contributed by atoms with Crippen molar-refractivity contribution in [3.63, 3.8) is 0 Å². The molecule has 0 bridgehead atoms. The molecule has 160 valence electrons. The van der Waals surface area contributed by atoms with Crippen molar-refractivity contribution in [2.24, 2.45) is 0 Å². The minimum atomic E-state index is -0.873. The number of rotatable bonds is 7. The quantitative estimate of drug-likeness (QED) is 0.345. The highest BCUT2D eigenvalue weighted by Gasteiger charge is 2.41. The molecule has 1 aromatic rings. The second-order valence-corrected chi connectivity index (χ2v) is 8.40. The number of anilines is 1. The van der Waals surface area contributed by atoms with Crippen molar-refractivity contribution in [2.45, 2.75) is 45.4 Å². The summed E-state index contributed by atoms with van der Waals surface area (Å²) in [7, 11) is 0. The molecule has 0 radical (unpaired) electrons. The Hall–Kier alpha value is -2.19. The van der Waals surface area contributed by atoms with Gasteiger partial charge in [0.05, 0.1) is 23.1 Å². The normalized spacial score (nSPS) is 16.2. The summed E-state index contributed by atoms with van der Waals surface area (Å²) in [6.45, 7) is 2.24. The molecule has 0 fully saturated rings. The molecule has 0 unspecified atom stereocenters. The molecule has 0 saturated heterocycles. The Labute approximate surface area is 182 Å². The molecule has 2 aliphatic rings. The Balaban J connectivity index is 1.78. The van der Waals surface area contributed by atoms with Gasteiger partial charge in [-0.3, -0.25) is 19.2 Å². The van der Waals surface area contributed by atoms with Crippen molar-refractivity contribution < 1.29 is 28.3 Å². The van der Waals surface area contributed by atoms with Crippen LogP contribution in [0.3, 0.4) is 0 Å². The van der Waals surface area contributed by atoms with Crippen LogP contribution in [0.1, 0.15) is 55.8 Å². The van der Waals surface area contributed by atoms with Gasteiger partial charge in [0, 0.05) is 16.7 Å². The number of amides is 2. The first-order chi connectivity index (χ1) is 14.3. The predicted octanol–water partition coefficient (Wildman–Crippen LogP) is 4.44. The fourth-order valence-electron chi connectivity index (χ4n) is 3.40. The fourth-order valence-corrected chi connectivity index (χ4v) is 4.35. The number of nitrogens with zero attached hydrogens (tertiary/aromatic N) is 1. The number of ether oxygens (including phenoxy) is 1. The highest BCUT2D eigenvalue weighted by molar-refractivity contribution is 8.14. The van der Waals surface area contributed by atoms with E-state index in [1.54, 1.807) is 0 Å². The number of halogens is 2. The molecule has 1 aromatic carbocycles. The van der Waals surface area contributed by atoms with Gasteiger partial charge in [0.1, 0.15) is 5.82 Å². The van der Waals surface area contributed by atoms with E-state index < -0.39 is 28.7 Å². The summed E-state index contributed by atoms with van der Waals surface area (Å²) < 4.78 is 19.6. The van der Waals surface area contributed by atoms with Gasteiger partial charge in [0.15, 0.2) is 0 Å². The highest BCUT2D eigenvalue weighted by Crippen LogP contribution is 2.38. The molecule has 9 heteroatoms. The molecule has 0 N–H and O–H groups in total. The summed E-state index contributed by atoms with van der Waals surface area (Å²) in [6, 6.07) is 2.01. The van der Waals surface area contributed by atoms with Gasteiger partial charge in [-0.1, -0.05) is 36.7 Å². The molecule has 0 atom stereocenters. The lowest BCUT2D eigenvalue weighted by atomic mass is 9.93. The first kappa shape index (κ1) is 22.5. The number of unbranched alkanes of at least 4 members (excludes halogenated alkanes) is 1. The van der Waals surface area contributed by atoms with Gasteiger partial charge in [-0.2, -0.15) is 0 Å². The molecule has 0 aromatic heterocycles. The number of benzene rings is 1. The minimum absolute atomic E-state index is 0.0788. The van der Waals surface area contributed by atoms with E-state index in [2.05, 4.69) is 0 Å². The Morgan fingerprint density at radius 2 is 1.80 bits per heavy atom. The van der Waals surface area contributed by atoms with Crippen molar-refractivity contribution in [3.8, 4) is 0 Å². The SMILES string of the molecule is CCCCOC(=O)CSC(=O)c1cc(N2C(=O)C3=C(CCCC3)C2=O)c(F)cc1Cl. The molecule has 1 aliphatic heterocycles. The number of carbonyl (C=O) groups is 4. The highest BCUT2D eigenvalue weighted by atomic mass is 35.5. The topological polar surface area (TPSA) is 80.8 Å². The smallest absolute Gasteiger partial charge is 0.316 e. The van der Waals surface area contributed by atoms with Gasteiger partial charge in [0.2, 0.25) is 5.12 Å². The van der Waals surface area contributed by atoms with E-state index in [1.165, 1.54) is 0 Å². The van der Waals surface area contributed by atoms with E-state index in [9.17, 15) is 23.6 Å². The minimum Gasteiger partial charge on any atom is -0.465 e. The third-order valence-corrected chi connectivity index (χ3v) is 6.14. The summed E-state index contributed by atoms with van der Waals surface area (Å²) in [5, 5.41) is -0.740. The monoisotopic (exact) mass is 453 g/mol. The zero-order valence-electron chi connectivity index (χ0n) is 16.5. The average Bonchev–Trinajstić information content (AvgIpc) is 2.97. The van der Waals surface area contributed by atoms with Gasteiger partial charge < -0.3 is 4.74 Å². The second kappa shape index (κ2) is 9.75. The summed E-state index contributed by atoms with van der Waals surface area (Å²) in [6.07, 6.45) is 4.15. The molecular weight excluding hydrogens is 433 g/mol. The summed E-state index contributed by atoms with van der Waals surface area (Å²) in [5.41, 5.74) is 0.443. The van der Waals surface area contributed by atoms with E-state index in [1.807, 2.05) is 6.92 Å². The van der Waals surface area contributed by atoms with Crippen LogP contribution in [0.4, 0.5) is 10.1 Å².